The predicted octanol–water partition coefficient (Wildman–Crippen LogP) is 2.96. The van der Waals surface area contributed by atoms with Crippen molar-refractivity contribution < 1.29 is 4.79 Å². The maximum absolute atomic E-state index is 10.6. The van der Waals surface area contributed by atoms with Crippen LogP contribution in [0.3, 0.4) is 0 Å². The van der Waals surface area contributed by atoms with E-state index in [0.717, 1.165) is 11.8 Å². The highest BCUT2D eigenvalue weighted by molar-refractivity contribution is 5.85. The minimum atomic E-state index is 0.453. The molecule has 1 aromatic heterocycles. The normalized spacial score (nSPS) is 11.1. The molecule has 0 aliphatic rings. The van der Waals surface area contributed by atoms with Crippen molar-refractivity contribution in [1.29, 1.82) is 0 Å². The summed E-state index contributed by atoms with van der Waals surface area (Å²) in [7, 11) is 0. The second-order valence-corrected chi connectivity index (χ2v) is 4.04. The van der Waals surface area contributed by atoms with Gasteiger partial charge >= 0.3 is 0 Å². The molecule has 15 heavy (non-hydrogen) atoms. The first-order valence-corrected chi connectivity index (χ1v) is 5.26. The molecule has 0 bridgehead atoms. The van der Waals surface area contributed by atoms with E-state index in [-0.39, 0.29) is 0 Å². The van der Waals surface area contributed by atoms with Gasteiger partial charge in [-0.25, -0.2) is 0 Å². The van der Waals surface area contributed by atoms with Gasteiger partial charge in [-0.15, -0.1) is 0 Å². The topological polar surface area (TPSA) is 22.0 Å². The van der Waals surface area contributed by atoms with Gasteiger partial charge in [-0.2, -0.15) is 0 Å². The molecule has 0 unspecified atom stereocenters. The van der Waals surface area contributed by atoms with Crippen LogP contribution in [0.1, 0.15) is 25.5 Å². The van der Waals surface area contributed by atoms with Crippen molar-refractivity contribution in [1.82, 2.24) is 4.57 Å². The molecule has 2 aromatic rings. The zero-order valence-corrected chi connectivity index (χ0v) is 9.10. The first-order valence-electron chi connectivity index (χ1n) is 5.26. The van der Waals surface area contributed by atoms with Crippen LogP contribution in [-0.2, 0) is 11.2 Å². The summed E-state index contributed by atoms with van der Waals surface area (Å²) in [6.45, 7) is 4.32. The minimum Gasteiger partial charge on any atom is -0.345 e. The number of hydrogen-bond acceptors (Lipinski definition) is 1. The fourth-order valence-electron chi connectivity index (χ4n) is 1.97. The summed E-state index contributed by atoms with van der Waals surface area (Å²) in [4.78, 5) is 10.6. The van der Waals surface area contributed by atoms with Crippen molar-refractivity contribution in [3.8, 4) is 0 Å². The second kappa shape index (κ2) is 3.89. The van der Waals surface area contributed by atoms with E-state index in [2.05, 4.69) is 36.7 Å². The van der Waals surface area contributed by atoms with Gasteiger partial charge in [-0.05, 0) is 31.5 Å². The quantitative estimate of drug-likeness (QED) is 0.700. The number of aldehydes is 1. The lowest BCUT2D eigenvalue weighted by Crippen LogP contribution is -1.98. The lowest BCUT2D eigenvalue weighted by molar-refractivity contribution is -0.107. The summed E-state index contributed by atoms with van der Waals surface area (Å²) in [5, 5.41) is 1.19. The number of nitrogens with zero attached hydrogens (tertiary/aromatic N) is 1. The Balaban J connectivity index is 2.63. The average molecular weight is 201 g/mol. The Hall–Kier alpha value is -1.57. The summed E-state index contributed by atoms with van der Waals surface area (Å²) in [5.74, 6) is 0. The van der Waals surface area contributed by atoms with Gasteiger partial charge in [-0.1, -0.05) is 12.1 Å². The third-order valence-corrected chi connectivity index (χ3v) is 2.71. The molecule has 0 radical (unpaired) electrons. The molecule has 0 amide bonds. The second-order valence-electron chi connectivity index (χ2n) is 4.04. The van der Waals surface area contributed by atoms with Gasteiger partial charge in [-0.3, -0.25) is 0 Å². The summed E-state index contributed by atoms with van der Waals surface area (Å²) in [5.41, 5.74) is 2.33. The third-order valence-electron chi connectivity index (χ3n) is 2.71. The van der Waals surface area contributed by atoms with Crippen LogP contribution in [0.25, 0.3) is 10.9 Å². The van der Waals surface area contributed by atoms with Crippen LogP contribution in [0.4, 0.5) is 0 Å². The average Bonchev–Trinajstić information content (AvgIpc) is 2.62. The summed E-state index contributed by atoms with van der Waals surface area (Å²) in [6.07, 6.45) is 3.55. The largest absolute Gasteiger partial charge is 0.345 e. The number of aromatic nitrogens is 1. The van der Waals surface area contributed by atoms with Crippen LogP contribution >= 0.6 is 0 Å². The van der Waals surface area contributed by atoms with Crippen LogP contribution in [0, 0.1) is 0 Å². The number of carbonyl (C=O) groups is 1. The smallest absolute Gasteiger partial charge is 0.124 e. The van der Waals surface area contributed by atoms with Crippen molar-refractivity contribution in [2.75, 3.05) is 0 Å². The van der Waals surface area contributed by atoms with Crippen molar-refractivity contribution in [2.45, 2.75) is 26.3 Å². The molecule has 2 nitrogen and oxygen atoms in total. The highest BCUT2D eigenvalue weighted by Gasteiger charge is 2.06. The predicted molar refractivity (Wildman–Crippen MR) is 62.1 cm³/mol. The number of fused-ring (bicyclic) bond motifs is 1. The van der Waals surface area contributed by atoms with E-state index in [1.807, 2.05) is 12.1 Å². The Kier molecular flexibility index (Phi) is 2.58. The molecule has 0 fully saturated rings. The van der Waals surface area contributed by atoms with Crippen LogP contribution in [0.5, 0.6) is 0 Å². The van der Waals surface area contributed by atoms with Gasteiger partial charge in [0.05, 0.1) is 0 Å². The maximum atomic E-state index is 10.6. The van der Waals surface area contributed by atoms with Crippen LogP contribution in [0.2, 0.25) is 0 Å². The van der Waals surface area contributed by atoms with Crippen molar-refractivity contribution in [2.24, 2.45) is 0 Å². The van der Waals surface area contributed by atoms with Crippen LogP contribution in [0.15, 0.2) is 30.5 Å². The molecule has 0 aliphatic carbocycles. The molecule has 0 aliphatic heterocycles. The van der Waals surface area contributed by atoms with Gasteiger partial charge in [0.1, 0.15) is 6.29 Å². The van der Waals surface area contributed by atoms with E-state index in [1.54, 1.807) is 0 Å². The zero-order chi connectivity index (χ0) is 10.8. The number of rotatable bonds is 3. The molecular weight excluding hydrogens is 186 g/mol. The summed E-state index contributed by atoms with van der Waals surface area (Å²) in [6, 6.07) is 8.67. The number of hydrogen-bond donors (Lipinski definition) is 0. The third kappa shape index (κ3) is 1.67. The van der Waals surface area contributed by atoms with E-state index in [9.17, 15) is 4.79 Å². The van der Waals surface area contributed by atoms with Crippen molar-refractivity contribution >= 4 is 17.2 Å². The molecule has 1 aromatic carbocycles. The lowest BCUT2D eigenvalue weighted by Gasteiger charge is -2.09. The van der Waals surface area contributed by atoms with Crippen LogP contribution in [-0.4, -0.2) is 10.9 Å². The maximum Gasteiger partial charge on any atom is 0.124 e. The molecule has 0 saturated heterocycles. The first-order chi connectivity index (χ1) is 7.24. The minimum absolute atomic E-state index is 0.453. The Labute approximate surface area is 89.5 Å². The molecule has 0 spiro atoms. The summed E-state index contributed by atoms with van der Waals surface area (Å²) >= 11 is 0. The molecule has 0 atom stereocenters. The Morgan fingerprint density at radius 1 is 1.33 bits per heavy atom. The molecular formula is C13H15NO. The Bertz CT molecular complexity index is 482. The van der Waals surface area contributed by atoms with E-state index in [1.165, 1.54) is 10.9 Å². The standard InChI is InChI=1S/C13H15NO/c1-10(2)14-8-6-12-11(7-9-15)4-3-5-13(12)14/h3-6,8-10H,7H2,1-2H3. The molecule has 0 N–H and O–H groups in total. The first kappa shape index (κ1) is 9.97. The fourth-order valence-corrected chi connectivity index (χ4v) is 1.97. The summed E-state index contributed by atoms with van der Waals surface area (Å²) < 4.78 is 2.23. The monoisotopic (exact) mass is 201 g/mol. The lowest BCUT2D eigenvalue weighted by atomic mass is 10.1. The Morgan fingerprint density at radius 2 is 2.13 bits per heavy atom. The van der Waals surface area contributed by atoms with Gasteiger partial charge in [0.25, 0.3) is 0 Å². The highest BCUT2D eigenvalue weighted by atomic mass is 16.1. The number of benzene rings is 1. The Morgan fingerprint density at radius 3 is 2.80 bits per heavy atom. The van der Waals surface area contributed by atoms with E-state index < -0.39 is 0 Å². The van der Waals surface area contributed by atoms with Gasteiger partial charge in [0.2, 0.25) is 0 Å². The van der Waals surface area contributed by atoms with Gasteiger partial charge < -0.3 is 9.36 Å². The van der Waals surface area contributed by atoms with Gasteiger partial charge in [0.15, 0.2) is 0 Å². The van der Waals surface area contributed by atoms with E-state index >= 15 is 0 Å². The van der Waals surface area contributed by atoms with E-state index in [4.69, 9.17) is 0 Å². The molecule has 2 rings (SSSR count). The highest BCUT2D eigenvalue weighted by Crippen LogP contribution is 2.23. The fraction of sp³-hybridized carbons (Fsp3) is 0.308. The zero-order valence-electron chi connectivity index (χ0n) is 9.10. The SMILES string of the molecule is CC(C)n1ccc2c(CC=O)cccc21. The molecule has 78 valence electrons. The molecule has 1 heterocycles. The van der Waals surface area contributed by atoms with Crippen molar-refractivity contribution in [3.05, 3.63) is 36.0 Å². The van der Waals surface area contributed by atoms with Crippen molar-refractivity contribution in [3.63, 3.8) is 0 Å². The van der Waals surface area contributed by atoms with E-state index in [0.29, 0.717) is 12.5 Å². The van der Waals surface area contributed by atoms with Crippen LogP contribution < -0.4 is 0 Å². The molecule has 2 heteroatoms. The number of carbonyl (C=O) groups excluding carboxylic acids is 1. The van der Waals surface area contributed by atoms with Gasteiger partial charge in [0, 0.05) is 29.6 Å². The molecule has 0 saturated carbocycles.